The zero-order valence-corrected chi connectivity index (χ0v) is 12.6. The Morgan fingerprint density at radius 3 is 2.95 bits per heavy atom. The van der Waals surface area contributed by atoms with Crippen molar-refractivity contribution in [2.45, 2.75) is 12.8 Å². The number of ether oxygens (including phenoxy) is 1. The smallest absolute Gasteiger partial charge is 0.310 e. The Hall–Kier alpha value is -1.89. The zero-order valence-electron chi connectivity index (χ0n) is 11.8. The van der Waals surface area contributed by atoms with Crippen LogP contribution in [0.5, 0.6) is 0 Å². The molecule has 2 heterocycles. The summed E-state index contributed by atoms with van der Waals surface area (Å²) in [6.45, 7) is 1.27. The van der Waals surface area contributed by atoms with Crippen LogP contribution in [0.2, 0.25) is 0 Å². The van der Waals surface area contributed by atoms with Crippen LogP contribution in [0.3, 0.4) is 0 Å². The highest BCUT2D eigenvalue weighted by atomic mass is 32.1. The molecule has 1 unspecified atom stereocenters. The molecule has 1 aliphatic rings. The first-order chi connectivity index (χ1) is 10.1. The highest BCUT2D eigenvalue weighted by Gasteiger charge is 2.31. The second kappa shape index (κ2) is 7.21. The molecule has 1 atom stereocenters. The van der Waals surface area contributed by atoms with Gasteiger partial charge in [0.25, 0.3) is 5.91 Å². The Balaban J connectivity index is 1.71. The van der Waals surface area contributed by atoms with Gasteiger partial charge in [0.2, 0.25) is 5.91 Å². The van der Waals surface area contributed by atoms with Crippen molar-refractivity contribution in [1.82, 2.24) is 10.2 Å². The lowest BCUT2D eigenvalue weighted by Gasteiger charge is -2.16. The maximum absolute atomic E-state index is 12.0. The van der Waals surface area contributed by atoms with Gasteiger partial charge in [-0.3, -0.25) is 14.4 Å². The number of carbonyl (C=O) groups is 3. The van der Waals surface area contributed by atoms with Gasteiger partial charge in [-0.15, -0.1) is 11.3 Å². The van der Waals surface area contributed by atoms with Crippen LogP contribution in [0.15, 0.2) is 17.5 Å². The maximum Gasteiger partial charge on any atom is 0.310 e. The molecule has 1 N–H and O–H groups in total. The lowest BCUT2D eigenvalue weighted by atomic mass is 10.1. The third-order valence-corrected chi connectivity index (χ3v) is 4.31. The van der Waals surface area contributed by atoms with Gasteiger partial charge in [0, 0.05) is 26.1 Å². The van der Waals surface area contributed by atoms with Crippen molar-refractivity contribution in [3.63, 3.8) is 0 Å². The molecule has 6 nitrogen and oxygen atoms in total. The molecule has 2 amide bonds. The van der Waals surface area contributed by atoms with E-state index in [4.69, 9.17) is 0 Å². The number of carbonyl (C=O) groups excluding carboxylic acids is 3. The molecule has 1 fully saturated rings. The van der Waals surface area contributed by atoms with Crippen LogP contribution < -0.4 is 5.32 Å². The van der Waals surface area contributed by atoms with Crippen molar-refractivity contribution in [2.75, 3.05) is 26.7 Å². The Morgan fingerprint density at radius 2 is 2.29 bits per heavy atom. The van der Waals surface area contributed by atoms with Gasteiger partial charge in [0.05, 0.1) is 17.9 Å². The molecule has 0 bridgehead atoms. The number of esters is 1. The number of rotatable bonds is 5. The molecule has 0 saturated carbocycles. The van der Waals surface area contributed by atoms with E-state index in [1.165, 1.54) is 18.4 Å². The zero-order chi connectivity index (χ0) is 15.2. The second-order valence-corrected chi connectivity index (χ2v) is 5.78. The quantitative estimate of drug-likeness (QED) is 0.820. The van der Waals surface area contributed by atoms with Gasteiger partial charge in [0.1, 0.15) is 0 Å². The minimum Gasteiger partial charge on any atom is -0.469 e. The van der Waals surface area contributed by atoms with E-state index in [0.717, 1.165) is 0 Å². The number of nitrogens with zero attached hydrogens (tertiary/aromatic N) is 1. The molecule has 7 heteroatoms. The van der Waals surface area contributed by atoms with Gasteiger partial charge in [-0.1, -0.05) is 6.07 Å². The van der Waals surface area contributed by atoms with Crippen LogP contribution >= 0.6 is 11.3 Å². The fourth-order valence-corrected chi connectivity index (χ4v) is 2.92. The van der Waals surface area contributed by atoms with Crippen molar-refractivity contribution in [2.24, 2.45) is 5.92 Å². The first kappa shape index (κ1) is 15.5. The van der Waals surface area contributed by atoms with Crippen LogP contribution in [-0.4, -0.2) is 49.4 Å². The van der Waals surface area contributed by atoms with Gasteiger partial charge >= 0.3 is 5.97 Å². The summed E-state index contributed by atoms with van der Waals surface area (Å²) in [7, 11) is 1.35. The number of amides is 2. The lowest BCUT2D eigenvalue weighted by Crippen LogP contribution is -2.33. The van der Waals surface area contributed by atoms with E-state index in [1.54, 1.807) is 11.0 Å². The largest absolute Gasteiger partial charge is 0.469 e. The topological polar surface area (TPSA) is 75.7 Å². The van der Waals surface area contributed by atoms with Crippen molar-refractivity contribution in [1.29, 1.82) is 0 Å². The van der Waals surface area contributed by atoms with Crippen molar-refractivity contribution in [3.05, 3.63) is 22.4 Å². The van der Waals surface area contributed by atoms with Gasteiger partial charge in [-0.25, -0.2) is 0 Å². The van der Waals surface area contributed by atoms with Gasteiger partial charge in [-0.05, 0) is 17.9 Å². The number of nitrogens with one attached hydrogen (secondary N) is 1. The fraction of sp³-hybridized carbons (Fsp3) is 0.500. The van der Waals surface area contributed by atoms with Crippen LogP contribution in [-0.2, 0) is 14.3 Å². The molecular formula is C14H18N2O4S. The summed E-state index contributed by atoms with van der Waals surface area (Å²) in [5.74, 6) is -0.699. The van der Waals surface area contributed by atoms with Crippen LogP contribution in [0.1, 0.15) is 22.5 Å². The number of hydrogen-bond acceptors (Lipinski definition) is 5. The van der Waals surface area contributed by atoms with Crippen LogP contribution in [0.4, 0.5) is 0 Å². The molecular weight excluding hydrogens is 292 g/mol. The van der Waals surface area contributed by atoms with E-state index >= 15 is 0 Å². The molecule has 0 aliphatic carbocycles. The van der Waals surface area contributed by atoms with E-state index in [2.05, 4.69) is 10.1 Å². The second-order valence-electron chi connectivity index (χ2n) is 4.83. The average molecular weight is 310 g/mol. The summed E-state index contributed by atoms with van der Waals surface area (Å²) in [6.07, 6.45) is 0.880. The highest BCUT2D eigenvalue weighted by Crippen LogP contribution is 2.18. The third kappa shape index (κ3) is 4.04. The monoisotopic (exact) mass is 310 g/mol. The summed E-state index contributed by atoms with van der Waals surface area (Å²) < 4.78 is 4.68. The lowest BCUT2D eigenvalue weighted by molar-refractivity contribution is -0.145. The van der Waals surface area contributed by atoms with E-state index in [-0.39, 0.29) is 30.1 Å². The predicted molar refractivity (Wildman–Crippen MR) is 78.0 cm³/mol. The number of hydrogen-bond donors (Lipinski definition) is 1. The number of thiophene rings is 1. The van der Waals surface area contributed by atoms with Crippen molar-refractivity contribution < 1.29 is 19.1 Å². The Labute approximate surface area is 127 Å². The molecule has 0 spiro atoms. The molecule has 2 rings (SSSR count). The summed E-state index contributed by atoms with van der Waals surface area (Å²) in [5.41, 5.74) is 0. The molecule has 21 heavy (non-hydrogen) atoms. The van der Waals surface area contributed by atoms with Crippen LogP contribution in [0, 0.1) is 5.92 Å². The molecule has 1 aromatic heterocycles. The van der Waals surface area contributed by atoms with Gasteiger partial charge in [-0.2, -0.15) is 0 Å². The minimum absolute atomic E-state index is 0.0483. The SMILES string of the molecule is COC(=O)C1CCN(C(=O)CCNC(=O)c2cccs2)C1. The standard InChI is InChI=1S/C14H18N2O4S/c1-20-14(19)10-5-7-16(9-10)12(17)4-6-15-13(18)11-3-2-8-21-11/h2-3,8,10H,4-7,9H2,1H3,(H,15,18). The van der Waals surface area contributed by atoms with E-state index < -0.39 is 0 Å². The van der Waals surface area contributed by atoms with Crippen molar-refractivity contribution in [3.8, 4) is 0 Å². The van der Waals surface area contributed by atoms with Gasteiger partial charge in [0.15, 0.2) is 0 Å². The van der Waals surface area contributed by atoms with Crippen molar-refractivity contribution >= 4 is 29.1 Å². The predicted octanol–water partition coefficient (Wildman–Crippen LogP) is 0.889. The Kier molecular flexibility index (Phi) is 5.32. The van der Waals surface area contributed by atoms with Crippen LogP contribution in [0.25, 0.3) is 0 Å². The third-order valence-electron chi connectivity index (χ3n) is 3.44. The molecule has 0 radical (unpaired) electrons. The van der Waals surface area contributed by atoms with Gasteiger partial charge < -0.3 is 15.0 Å². The minimum atomic E-state index is -0.267. The summed E-state index contributed by atoms with van der Waals surface area (Å²) in [5, 5.41) is 4.55. The number of methoxy groups -OCH3 is 1. The molecule has 114 valence electrons. The average Bonchev–Trinajstić information content (AvgIpc) is 3.17. The molecule has 0 aromatic carbocycles. The van der Waals surface area contributed by atoms with E-state index in [1.807, 2.05) is 11.4 Å². The van der Waals surface area contributed by atoms with E-state index in [9.17, 15) is 14.4 Å². The normalized spacial score (nSPS) is 17.6. The summed E-state index contributed by atoms with van der Waals surface area (Å²) in [6, 6.07) is 3.55. The first-order valence-electron chi connectivity index (χ1n) is 6.79. The van der Waals surface area contributed by atoms with E-state index in [0.29, 0.717) is 30.9 Å². The molecule has 1 saturated heterocycles. The highest BCUT2D eigenvalue weighted by molar-refractivity contribution is 7.12. The maximum atomic E-state index is 12.0. The Bertz CT molecular complexity index is 515. The molecule has 1 aliphatic heterocycles. The fourth-order valence-electron chi connectivity index (χ4n) is 2.28. The number of likely N-dealkylation sites (tertiary alicyclic amines) is 1. The summed E-state index contributed by atoms with van der Waals surface area (Å²) >= 11 is 1.36. The first-order valence-corrected chi connectivity index (χ1v) is 7.67. The summed E-state index contributed by atoms with van der Waals surface area (Å²) in [4.78, 5) is 37.4. The molecule has 1 aromatic rings. The Morgan fingerprint density at radius 1 is 1.48 bits per heavy atom.